The lowest BCUT2D eigenvalue weighted by Crippen LogP contribution is -2.43. The first-order valence-electron chi connectivity index (χ1n) is 12.6. The lowest BCUT2D eigenvalue weighted by molar-refractivity contribution is 0.148. The van der Waals surface area contributed by atoms with Crippen molar-refractivity contribution in [3.63, 3.8) is 0 Å². The van der Waals surface area contributed by atoms with Gasteiger partial charge in [-0.25, -0.2) is 12.4 Å². The smallest absolute Gasteiger partial charge is 0.268 e. The van der Waals surface area contributed by atoms with Crippen molar-refractivity contribution >= 4 is 41.2 Å². The van der Waals surface area contributed by atoms with Crippen LogP contribution < -0.4 is 4.74 Å². The Morgan fingerprint density at radius 3 is 1.83 bits per heavy atom. The molecule has 0 bridgehead atoms. The third-order valence-electron chi connectivity index (χ3n) is 6.15. The van der Waals surface area contributed by atoms with Crippen molar-refractivity contribution in [2.45, 2.75) is 31.2 Å². The third kappa shape index (κ3) is 11.3. The van der Waals surface area contributed by atoms with Gasteiger partial charge in [0.2, 0.25) is 0 Å². The van der Waals surface area contributed by atoms with E-state index >= 15 is 0 Å². The van der Waals surface area contributed by atoms with E-state index in [1.165, 1.54) is 3.97 Å². The van der Waals surface area contributed by atoms with Crippen molar-refractivity contribution in [2.75, 3.05) is 52.8 Å². The molecule has 0 saturated carbocycles. The maximum absolute atomic E-state index is 13.5. The first-order chi connectivity index (χ1) is 18.8. The Hall–Kier alpha value is -2.53. The topological polar surface area (TPSA) is 164 Å². The van der Waals surface area contributed by atoms with Gasteiger partial charge in [0.15, 0.2) is 0 Å². The standard InChI is InChI=1S/C24H31N3O3S.2CH4O3S/c1-18(2)19-5-8-22(9-6-19)31(28,29)27-17-20(16-26-13-11-25(3)12-14-26)23-15-21(30-4)7-10-24(23)27;2*1-5(2,3)4/h5-10,15,17-18H,11-14,16H2,1-4H3;2*1H3,(H,2,3,4). The minimum Gasteiger partial charge on any atom is -0.497 e. The van der Waals surface area contributed by atoms with Crippen molar-refractivity contribution in [2.24, 2.45) is 0 Å². The Balaban J connectivity index is 0.000000507. The number of hydrogen-bond acceptors (Lipinski definition) is 9. The molecule has 0 amide bonds. The van der Waals surface area contributed by atoms with Gasteiger partial charge in [0, 0.05) is 44.3 Å². The van der Waals surface area contributed by atoms with Gasteiger partial charge in [-0.05, 0) is 54.4 Å². The highest BCUT2D eigenvalue weighted by Crippen LogP contribution is 2.30. The maximum atomic E-state index is 13.5. The number of fused-ring (bicyclic) bond motifs is 1. The van der Waals surface area contributed by atoms with Crippen LogP contribution in [-0.2, 0) is 36.8 Å². The molecule has 0 atom stereocenters. The van der Waals surface area contributed by atoms with Gasteiger partial charge in [-0.2, -0.15) is 16.8 Å². The molecule has 0 radical (unpaired) electrons. The van der Waals surface area contributed by atoms with Crippen molar-refractivity contribution in [1.29, 1.82) is 0 Å². The molecule has 1 aromatic heterocycles. The van der Waals surface area contributed by atoms with E-state index in [2.05, 4.69) is 30.7 Å². The van der Waals surface area contributed by atoms with Gasteiger partial charge in [-0.15, -0.1) is 0 Å². The molecule has 4 rings (SSSR count). The zero-order valence-corrected chi connectivity index (χ0v) is 26.5. The first kappa shape index (κ1) is 34.7. The number of hydrogen-bond donors (Lipinski definition) is 2. The largest absolute Gasteiger partial charge is 0.497 e. The predicted molar refractivity (Wildman–Crippen MR) is 159 cm³/mol. The average molecular weight is 634 g/mol. The fourth-order valence-electron chi connectivity index (χ4n) is 4.08. The number of ether oxygens (including phenoxy) is 1. The average Bonchev–Trinajstić information content (AvgIpc) is 3.21. The van der Waals surface area contributed by atoms with Crippen LogP contribution in [0.1, 0.15) is 30.9 Å². The summed E-state index contributed by atoms with van der Waals surface area (Å²) in [7, 11) is -7.28. The van der Waals surface area contributed by atoms with Crippen molar-refractivity contribution < 1.29 is 39.1 Å². The summed E-state index contributed by atoms with van der Waals surface area (Å²) in [5, 5.41) is 0.917. The Kier molecular flexibility index (Phi) is 11.9. The molecule has 230 valence electrons. The minimum atomic E-state index is -3.71. The summed E-state index contributed by atoms with van der Waals surface area (Å²) in [6.07, 6.45) is 3.22. The van der Waals surface area contributed by atoms with E-state index in [4.69, 9.17) is 13.8 Å². The molecular formula is C26H39N3O9S3. The maximum Gasteiger partial charge on any atom is 0.268 e. The van der Waals surface area contributed by atoms with Crippen LogP contribution in [0.4, 0.5) is 0 Å². The fourth-order valence-corrected chi connectivity index (χ4v) is 5.47. The fraction of sp³-hybridized carbons (Fsp3) is 0.462. The van der Waals surface area contributed by atoms with E-state index < -0.39 is 30.3 Å². The normalized spacial score (nSPS) is 15.1. The van der Waals surface area contributed by atoms with Crippen molar-refractivity contribution in [3.05, 3.63) is 59.8 Å². The number of nitrogens with zero attached hydrogens (tertiary/aromatic N) is 3. The number of aromatic nitrogens is 1. The molecule has 1 saturated heterocycles. The Morgan fingerprint density at radius 1 is 0.854 bits per heavy atom. The molecule has 3 aromatic rings. The van der Waals surface area contributed by atoms with E-state index in [-0.39, 0.29) is 0 Å². The summed E-state index contributed by atoms with van der Waals surface area (Å²) in [5.41, 5.74) is 2.80. The second kappa shape index (κ2) is 14.1. The lowest BCUT2D eigenvalue weighted by Gasteiger charge is -2.32. The number of benzene rings is 2. The summed E-state index contributed by atoms with van der Waals surface area (Å²) in [6.45, 7) is 8.88. The van der Waals surface area contributed by atoms with Crippen LogP contribution in [0, 0.1) is 0 Å². The van der Waals surface area contributed by atoms with Crippen LogP contribution in [0.25, 0.3) is 10.9 Å². The summed E-state index contributed by atoms with van der Waals surface area (Å²) >= 11 is 0. The molecule has 2 N–H and O–H groups in total. The quantitative estimate of drug-likeness (QED) is 0.384. The van der Waals surface area contributed by atoms with Gasteiger partial charge in [0.05, 0.1) is 30.0 Å². The van der Waals surface area contributed by atoms with Crippen molar-refractivity contribution in [3.8, 4) is 5.75 Å². The number of piperazine rings is 1. The third-order valence-corrected chi connectivity index (χ3v) is 7.84. The second-order valence-electron chi connectivity index (χ2n) is 10.1. The van der Waals surface area contributed by atoms with Gasteiger partial charge < -0.3 is 9.64 Å². The van der Waals surface area contributed by atoms with Gasteiger partial charge in [-0.3, -0.25) is 14.0 Å². The molecule has 1 fully saturated rings. The van der Waals surface area contributed by atoms with Crippen LogP contribution in [-0.4, -0.2) is 101 Å². The first-order valence-corrected chi connectivity index (χ1v) is 17.7. The SMILES string of the molecule is COc1ccc2c(c1)c(CN1CCN(C)CC1)cn2S(=O)(=O)c1ccc(C(C)C)cc1.CS(=O)(=O)O.CS(=O)(=O)O. The van der Waals surface area contributed by atoms with Crippen LogP contribution in [0.2, 0.25) is 0 Å². The highest BCUT2D eigenvalue weighted by Gasteiger charge is 2.23. The Bertz CT molecular complexity index is 1580. The van der Waals surface area contributed by atoms with Crippen LogP contribution in [0.3, 0.4) is 0 Å². The summed E-state index contributed by atoms with van der Waals surface area (Å²) in [4.78, 5) is 4.99. The minimum absolute atomic E-state index is 0.302. The molecule has 1 aliphatic rings. The number of rotatable bonds is 6. The summed E-state index contributed by atoms with van der Waals surface area (Å²) in [5.74, 6) is 1.08. The van der Waals surface area contributed by atoms with Crippen LogP contribution in [0.15, 0.2) is 53.6 Å². The lowest BCUT2D eigenvalue weighted by atomic mass is 10.0. The zero-order valence-electron chi connectivity index (χ0n) is 24.1. The van der Waals surface area contributed by atoms with E-state index in [0.29, 0.717) is 35.4 Å². The molecule has 0 unspecified atom stereocenters. The van der Waals surface area contributed by atoms with E-state index in [1.807, 2.05) is 30.3 Å². The highest BCUT2D eigenvalue weighted by atomic mass is 32.2. The predicted octanol–water partition coefficient (Wildman–Crippen LogP) is 2.77. The van der Waals surface area contributed by atoms with Gasteiger partial charge >= 0.3 is 0 Å². The molecule has 2 aromatic carbocycles. The molecular weight excluding hydrogens is 594 g/mol. The van der Waals surface area contributed by atoms with E-state index in [1.54, 1.807) is 25.4 Å². The Labute approximate surface area is 243 Å². The molecule has 15 heteroatoms. The van der Waals surface area contributed by atoms with Gasteiger partial charge in [0.1, 0.15) is 5.75 Å². The molecule has 0 spiro atoms. The Morgan fingerprint density at radius 2 is 1.37 bits per heavy atom. The number of likely N-dealkylation sites (N-methyl/N-ethyl adjacent to an activating group) is 1. The van der Waals surface area contributed by atoms with Crippen LogP contribution in [0.5, 0.6) is 5.75 Å². The summed E-state index contributed by atoms with van der Waals surface area (Å²) in [6, 6.07) is 12.8. The van der Waals surface area contributed by atoms with E-state index in [0.717, 1.165) is 48.4 Å². The monoisotopic (exact) mass is 633 g/mol. The molecule has 41 heavy (non-hydrogen) atoms. The van der Waals surface area contributed by atoms with Gasteiger partial charge in [0.25, 0.3) is 30.3 Å². The highest BCUT2D eigenvalue weighted by molar-refractivity contribution is 7.90. The molecule has 12 nitrogen and oxygen atoms in total. The second-order valence-corrected chi connectivity index (χ2v) is 14.9. The molecule has 2 heterocycles. The number of methoxy groups -OCH3 is 1. The van der Waals surface area contributed by atoms with Crippen LogP contribution >= 0.6 is 0 Å². The van der Waals surface area contributed by atoms with Crippen molar-refractivity contribution in [1.82, 2.24) is 13.8 Å². The molecule has 1 aliphatic heterocycles. The van der Waals surface area contributed by atoms with Gasteiger partial charge in [-0.1, -0.05) is 26.0 Å². The zero-order chi connectivity index (χ0) is 31.2. The summed E-state index contributed by atoms with van der Waals surface area (Å²) < 4.78 is 85.7. The van der Waals surface area contributed by atoms with E-state index in [9.17, 15) is 25.3 Å². The molecule has 0 aliphatic carbocycles.